The fourth-order valence-corrected chi connectivity index (χ4v) is 1.89. The Morgan fingerprint density at radius 2 is 2.33 bits per heavy atom. The summed E-state index contributed by atoms with van der Waals surface area (Å²) >= 11 is 1.57. The summed E-state index contributed by atoms with van der Waals surface area (Å²) in [5.74, 6) is 0. The molecule has 1 rings (SSSR count). The fourth-order valence-electron chi connectivity index (χ4n) is 1.19. The molecule has 0 spiro atoms. The van der Waals surface area contributed by atoms with Crippen LogP contribution >= 0.6 is 11.3 Å². The Bertz CT molecular complexity index is 272. The largest absolute Gasteiger partial charge is 0.389 e. The van der Waals surface area contributed by atoms with Crippen LogP contribution in [0.25, 0.3) is 0 Å². The minimum Gasteiger partial charge on any atom is -0.389 e. The third kappa shape index (κ3) is 4.30. The molecule has 1 aromatic heterocycles. The zero-order chi connectivity index (χ0) is 11.3. The molecule has 2 unspecified atom stereocenters. The van der Waals surface area contributed by atoms with Crippen LogP contribution in [0.1, 0.15) is 31.9 Å². The van der Waals surface area contributed by atoms with Gasteiger partial charge in [-0.15, -0.1) is 0 Å². The highest BCUT2D eigenvalue weighted by Gasteiger charge is 2.17. The minimum atomic E-state index is -0.686. The van der Waals surface area contributed by atoms with Gasteiger partial charge in [-0.3, -0.25) is 0 Å². The molecule has 86 valence electrons. The molecule has 3 nitrogen and oxygen atoms in total. The summed E-state index contributed by atoms with van der Waals surface area (Å²) in [5, 5.41) is 26.4. The highest BCUT2D eigenvalue weighted by molar-refractivity contribution is 7.07. The standard InChI is InChI=1S/C11H19NO2S/c1-3-11(2,14)8-12-6-10(13)9-4-5-15-7-9/h4-5,7,10,12-14H,3,6,8H2,1-2H3. The van der Waals surface area contributed by atoms with Crippen LogP contribution in [-0.4, -0.2) is 28.9 Å². The maximum Gasteiger partial charge on any atom is 0.0922 e. The van der Waals surface area contributed by atoms with Gasteiger partial charge in [-0.25, -0.2) is 0 Å². The summed E-state index contributed by atoms with van der Waals surface area (Å²) < 4.78 is 0. The first kappa shape index (κ1) is 12.6. The molecule has 0 aromatic carbocycles. The van der Waals surface area contributed by atoms with E-state index in [4.69, 9.17) is 0 Å². The topological polar surface area (TPSA) is 52.5 Å². The third-order valence-electron chi connectivity index (χ3n) is 2.53. The Kier molecular flexibility index (Phi) is 4.73. The lowest BCUT2D eigenvalue weighted by molar-refractivity contribution is 0.0516. The van der Waals surface area contributed by atoms with Gasteiger partial charge in [-0.2, -0.15) is 11.3 Å². The smallest absolute Gasteiger partial charge is 0.0922 e. The van der Waals surface area contributed by atoms with Crippen molar-refractivity contribution >= 4 is 11.3 Å². The van der Waals surface area contributed by atoms with Gasteiger partial charge in [0.2, 0.25) is 0 Å². The van der Waals surface area contributed by atoms with Crippen molar-refractivity contribution in [2.45, 2.75) is 32.0 Å². The van der Waals surface area contributed by atoms with Crippen LogP contribution in [0.3, 0.4) is 0 Å². The highest BCUT2D eigenvalue weighted by atomic mass is 32.1. The average Bonchev–Trinajstić information content (AvgIpc) is 2.70. The summed E-state index contributed by atoms with van der Waals surface area (Å²) in [6.45, 7) is 4.71. The predicted octanol–water partition coefficient (Wildman–Crippen LogP) is 1.53. The van der Waals surface area contributed by atoms with Crippen molar-refractivity contribution in [2.24, 2.45) is 0 Å². The molecule has 0 aliphatic rings. The van der Waals surface area contributed by atoms with Crippen LogP contribution in [0.2, 0.25) is 0 Å². The Morgan fingerprint density at radius 1 is 1.60 bits per heavy atom. The molecule has 0 saturated heterocycles. The van der Waals surface area contributed by atoms with Crippen molar-refractivity contribution in [3.8, 4) is 0 Å². The van der Waals surface area contributed by atoms with Crippen LogP contribution in [-0.2, 0) is 0 Å². The normalized spacial score (nSPS) is 17.3. The van der Waals surface area contributed by atoms with Crippen molar-refractivity contribution in [1.29, 1.82) is 0 Å². The van der Waals surface area contributed by atoms with E-state index in [-0.39, 0.29) is 0 Å². The lowest BCUT2D eigenvalue weighted by Gasteiger charge is -2.22. The highest BCUT2D eigenvalue weighted by Crippen LogP contribution is 2.15. The molecule has 3 N–H and O–H groups in total. The van der Waals surface area contributed by atoms with Crippen LogP contribution < -0.4 is 5.32 Å². The van der Waals surface area contributed by atoms with E-state index in [1.165, 1.54) is 0 Å². The number of aliphatic hydroxyl groups excluding tert-OH is 1. The van der Waals surface area contributed by atoms with Crippen molar-refractivity contribution in [2.75, 3.05) is 13.1 Å². The number of hydrogen-bond donors (Lipinski definition) is 3. The summed E-state index contributed by atoms with van der Waals surface area (Å²) in [6.07, 6.45) is 0.220. The molecule has 0 saturated carbocycles. The summed E-state index contributed by atoms with van der Waals surface area (Å²) in [7, 11) is 0. The van der Waals surface area contributed by atoms with Crippen LogP contribution in [0, 0.1) is 0 Å². The van der Waals surface area contributed by atoms with Gasteiger partial charge in [-0.05, 0) is 35.7 Å². The second-order valence-corrected chi connectivity index (χ2v) is 4.83. The zero-order valence-electron chi connectivity index (χ0n) is 9.23. The number of aliphatic hydroxyl groups is 2. The molecule has 0 aliphatic carbocycles. The van der Waals surface area contributed by atoms with E-state index in [0.717, 1.165) is 5.56 Å². The van der Waals surface area contributed by atoms with Crippen molar-refractivity contribution in [3.05, 3.63) is 22.4 Å². The van der Waals surface area contributed by atoms with Crippen molar-refractivity contribution < 1.29 is 10.2 Å². The SMILES string of the molecule is CCC(C)(O)CNCC(O)c1ccsc1. The molecular weight excluding hydrogens is 210 g/mol. The van der Waals surface area contributed by atoms with Crippen molar-refractivity contribution in [1.82, 2.24) is 5.32 Å². The van der Waals surface area contributed by atoms with Gasteiger partial charge in [-0.1, -0.05) is 6.92 Å². The van der Waals surface area contributed by atoms with Crippen LogP contribution in [0.4, 0.5) is 0 Å². The average molecular weight is 229 g/mol. The van der Waals surface area contributed by atoms with Gasteiger partial charge >= 0.3 is 0 Å². The maximum absolute atomic E-state index is 9.74. The summed E-state index contributed by atoms with van der Waals surface area (Å²) in [6, 6.07) is 1.91. The molecule has 0 radical (unpaired) electrons. The Hall–Kier alpha value is -0.420. The molecule has 15 heavy (non-hydrogen) atoms. The van der Waals surface area contributed by atoms with Crippen molar-refractivity contribution in [3.63, 3.8) is 0 Å². The molecule has 0 bridgehead atoms. The van der Waals surface area contributed by atoms with Gasteiger partial charge in [0, 0.05) is 13.1 Å². The Labute approximate surface area is 94.8 Å². The quantitative estimate of drug-likeness (QED) is 0.693. The van der Waals surface area contributed by atoms with E-state index in [1.807, 2.05) is 23.8 Å². The predicted molar refractivity (Wildman–Crippen MR) is 63.1 cm³/mol. The molecule has 0 amide bonds. The molecule has 1 heterocycles. The van der Waals surface area contributed by atoms with E-state index >= 15 is 0 Å². The van der Waals surface area contributed by atoms with Crippen LogP contribution in [0.5, 0.6) is 0 Å². The molecule has 2 atom stereocenters. The zero-order valence-corrected chi connectivity index (χ0v) is 10.0. The summed E-state index contributed by atoms with van der Waals surface area (Å²) in [5.41, 5.74) is 0.248. The fraction of sp³-hybridized carbons (Fsp3) is 0.636. The molecular formula is C11H19NO2S. The Balaban J connectivity index is 2.26. The monoisotopic (exact) mass is 229 g/mol. The lowest BCUT2D eigenvalue weighted by atomic mass is 10.0. The van der Waals surface area contributed by atoms with E-state index in [9.17, 15) is 10.2 Å². The van der Waals surface area contributed by atoms with Gasteiger partial charge in [0.05, 0.1) is 11.7 Å². The van der Waals surface area contributed by atoms with E-state index in [2.05, 4.69) is 5.32 Å². The first-order valence-electron chi connectivity index (χ1n) is 5.18. The number of thiophene rings is 1. The first-order valence-corrected chi connectivity index (χ1v) is 6.12. The minimum absolute atomic E-state index is 0.479. The first-order chi connectivity index (χ1) is 7.05. The van der Waals surface area contributed by atoms with E-state index in [1.54, 1.807) is 18.3 Å². The van der Waals surface area contributed by atoms with Crippen LogP contribution in [0.15, 0.2) is 16.8 Å². The third-order valence-corrected chi connectivity index (χ3v) is 3.23. The van der Waals surface area contributed by atoms with Gasteiger partial charge < -0.3 is 15.5 Å². The molecule has 0 fully saturated rings. The van der Waals surface area contributed by atoms with Gasteiger partial charge in [0.25, 0.3) is 0 Å². The molecule has 1 aromatic rings. The van der Waals surface area contributed by atoms with E-state index < -0.39 is 11.7 Å². The second kappa shape index (κ2) is 5.61. The van der Waals surface area contributed by atoms with Gasteiger partial charge in [0.1, 0.15) is 0 Å². The Morgan fingerprint density at radius 3 is 2.87 bits per heavy atom. The van der Waals surface area contributed by atoms with Gasteiger partial charge in [0.15, 0.2) is 0 Å². The second-order valence-electron chi connectivity index (χ2n) is 4.05. The van der Waals surface area contributed by atoms with E-state index in [0.29, 0.717) is 19.5 Å². The summed E-state index contributed by atoms with van der Waals surface area (Å²) in [4.78, 5) is 0. The number of rotatable bonds is 6. The molecule has 4 heteroatoms. The molecule has 0 aliphatic heterocycles. The lowest BCUT2D eigenvalue weighted by Crippen LogP contribution is -2.38. The number of hydrogen-bond acceptors (Lipinski definition) is 4. The maximum atomic E-state index is 9.74. The number of nitrogens with one attached hydrogen (secondary N) is 1.